The summed E-state index contributed by atoms with van der Waals surface area (Å²) in [6.45, 7) is 5.29. The highest BCUT2D eigenvalue weighted by molar-refractivity contribution is 5.39. The molecule has 5 heteroatoms. The van der Waals surface area contributed by atoms with Crippen LogP contribution in [0.4, 0.5) is 5.82 Å². The van der Waals surface area contributed by atoms with Crippen molar-refractivity contribution in [3.05, 3.63) is 12.4 Å². The second-order valence-electron chi connectivity index (χ2n) is 3.59. The molecule has 0 fully saturated rings. The number of rotatable bonds is 5. The van der Waals surface area contributed by atoms with Crippen molar-refractivity contribution in [3.8, 4) is 5.88 Å². The summed E-state index contributed by atoms with van der Waals surface area (Å²) < 4.78 is 5.47. The van der Waals surface area contributed by atoms with Crippen molar-refractivity contribution < 1.29 is 4.74 Å². The van der Waals surface area contributed by atoms with Crippen molar-refractivity contribution in [1.29, 1.82) is 0 Å². The quantitative estimate of drug-likeness (QED) is 0.773. The van der Waals surface area contributed by atoms with Crippen LogP contribution in [-0.4, -0.2) is 36.2 Å². The lowest BCUT2D eigenvalue weighted by Gasteiger charge is -2.17. The number of nitrogens with two attached hydrogens (primary N) is 1. The Morgan fingerprint density at radius 3 is 2.80 bits per heavy atom. The summed E-state index contributed by atoms with van der Waals surface area (Å²) >= 11 is 0. The Morgan fingerprint density at radius 2 is 2.20 bits per heavy atom. The van der Waals surface area contributed by atoms with E-state index < -0.39 is 0 Å². The number of hydrogen-bond acceptors (Lipinski definition) is 5. The molecule has 1 rings (SSSR count). The SMILES string of the molecule is CC(C)Oc1cc(N(C)CCN)ncn1. The van der Waals surface area contributed by atoms with Crippen molar-refractivity contribution in [2.45, 2.75) is 20.0 Å². The number of anilines is 1. The first-order valence-corrected chi connectivity index (χ1v) is 5.03. The third kappa shape index (κ3) is 3.71. The minimum atomic E-state index is 0.118. The van der Waals surface area contributed by atoms with Gasteiger partial charge in [-0.15, -0.1) is 0 Å². The third-order valence-electron chi connectivity index (χ3n) is 1.84. The molecule has 0 atom stereocenters. The van der Waals surface area contributed by atoms with E-state index >= 15 is 0 Å². The molecule has 0 aliphatic rings. The monoisotopic (exact) mass is 210 g/mol. The number of nitrogens with zero attached hydrogens (tertiary/aromatic N) is 3. The van der Waals surface area contributed by atoms with Gasteiger partial charge in [0.15, 0.2) is 0 Å². The minimum absolute atomic E-state index is 0.118. The summed E-state index contributed by atoms with van der Waals surface area (Å²) in [5.41, 5.74) is 5.47. The molecule has 84 valence electrons. The normalized spacial score (nSPS) is 10.5. The van der Waals surface area contributed by atoms with Crippen molar-refractivity contribution in [2.75, 3.05) is 25.0 Å². The second kappa shape index (κ2) is 5.50. The fourth-order valence-electron chi connectivity index (χ4n) is 1.15. The fraction of sp³-hybridized carbons (Fsp3) is 0.600. The summed E-state index contributed by atoms with van der Waals surface area (Å²) in [4.78, 5) is 10.1. The molecule has 15 heavy (non-hydrogen) atoms. The van der Waals surface area contributed by atoms with E-state index in [1.807, 2.05) is 31.9 Å². The summed E-state index contributed by atoms with van der Waals surface area (Å²) in [6.07, 6.45) is 1.62. The van der Waals surface area contributed by atoms with Crippen LogP contribution in [0.3, 0.4) is 0 Å². The van der Waals surface area contributed by atoms with Gasteiger partial charge in [-0.2, -0.15) is 0 Å². The summed E-state index contributed by atoms with van der Waals surface area (Å²) in [6, 6.07) is 1.82. The molecular weight excluding hydrogens is 192 g/mol. The Bertz CT molecular complexity index is 303. The van der Waals surface area contributed by atoms with Crippen molar-refractivity contribution in [1.82, 2.24) is 9.97 Å². The highest BCUT2D eigenvalue weighted by Crippen LogP contribution is 2.14. The van der Waals surface area contributed by atoms with Crippen LogP contribution in [0.1, 0.15) is 13.8 Å². The fourth-order valence-corrected chi connectivity index (χ4v) is 1.15. The number of hydrogen-bond donors (Lipinski definition) is 1. The highest BCUT2D eigenvalue weighted by atomic mass is 16.5. The van der Waals surface area contributed by atoms with E-state index in [4.69, 9.17) is 10.5 Å². The van der Waals surface area contributed by atoms with Gasteiger partial charge in [-0.3, -0.25) is 0 Å². The van der Waals surface area contributed by atoms with E-state index in [0.29, 0.717) is 12.4 Å². The second-order valence-corrected chi connectivity index (χ2v) is 3.59. The average Bonchev–Trinajstić information content (AvgIpc) is 2.17. The van der Waals surface area contributed by atoms with Crippen molar-refractivity contribution >= 4 is 5.82 Å². The Labute approximate surface area is 90.3 Å². The number of likely N-dealkylation sites (N-methyl/N-ethyl adjacent to an activating group) is 1. The van der Waals surface area contributed by atoms with E-state index in [9.17, 15) is 0 Å². The van der Waals surface area contributed by atoms with E-state index in [1.165, 1.54) is 6.33 Å². The van der Waals surface area contributed by atoms with Gasteiger partial charge in [-0.25, -0.2) is 9.97 Å². The molecule has 0 aliphatic heterocycles. The van der Waals surface area contributed by atoms with E-state index in [0.717, 1.165) is 12.4 Å². The first-order chi connectivity index (χ1) is 7.13. The van der Waals surface area contributed by atoms with Gasteiger partial charge < -0.3 is 15.4 Å². The predicted molar refractivity (Wildman–Crippen MR) is 60.1 cm³/mol. The third-order valence-corrected chi connectivity index (χ3v) is 1.84. The van der Waals surface area contributed by atoms with Gasteiger partial charge in [0.1, 0.15) is 12.1 Å². The van der Waals surface area contributed by atoms with Crippen LogP contribution in [-0.2, 0) is 0 Å². The molecule has 0 saturated heterocycles. The van der Waals surface area contributed by atoms with Crippen LogP contribution < -0.4 is 15.4 Å². The molecule has 0 bridgehead atoms. The maximum absolute atomic E-state index is 5.47. The highest BCUT2D eigenvalue weighted by Gasteiger charge is 2.05. The summed E-state index contributed by atoms with van der Waals surface area (Å²) in [5.74, 6) is 1.42. The maximum atomic E-state index is 5.47. The van der Waals surface area contributed by atoms with Crippen molar-refractivity contribution in [2.24, 2.45) is 5.73 Å². The topological polar surface area (TPSA) is 64.3 Å². The lowest BCUT2D eigenvalue weighted by molar-refractivity contribution is 0.232. The van der Waals surface area contributed by atoms with Gasteiger partial charge in [-0.05, 0) is 13.8 Å². The number of ether oxygens (including phenoxy) is 1. The van der Waals surface area contributed by atoms with Crippen LogP contribution >= 0.6 is 0 Å². The average molecular weight is 210 g/mol. The molecule has 0 spiro atoms. The van der Waals surface area contributed by atoms with Crippen LogP contribution in [0.2, 0.25) is 0 Å². The van der Waals surface area contributed by atoms with E-state index in [2.05, 4.69) is 9.97 Å². The lowest BCUT2D eigenvalue weighted by atomic mass is 10.4. The van der Waals surface area contributed by atoms with Gasteiger partial charge in [-0.1, -0.05) is 0 Å². The zero-order chi connectivity index (χ0) is 11.3. The molecule has 1 aromatic rings. The molecule has 0 unspecified atom stereocenters. The lowest BCUT2D eigenvalue weighted by Crippen LogP contribution is -2.25. The smallest absolute Gasteiger partial charge is 0.218 e. The Balaban J connectivity index is 2.73. The molecular formula is C10H18N4O. The standard InChI is InChI=1S/C10H18N4O/c1-8(2)15-10-6-9(12-7-13-10)14(3)5-4-11/h6-8H,4-5,11H2,1-3H3. The molecule has 0 aromatic carbocycles. The molecule has 0 radical (unpaired) electrons. The maximum Gasteiger partial charge on any atom is 0.218 e. The van der Waals surface area contributed by atoms with Crippen LogP contribution in [0.5, 0.6) is 5.88 Å². The molecule has 5 nitrogen and oxygen atoms in total. The zero-order valence-corrected chi connectivity index (χ0v) is 9.47. The Morgan fingerprint density at radius 1 is 1.47 bits per heavy atom. The minimum Gasteiger partial charge on any atom is -0.475 e. The van der Waals surface area contributed by atoms with Crippen molar-refractivity contribution in [3.63, 3.8) is 0 Å². The zero-order valence-electron chi connectivity index (χ0n) is 9.47. The van der Waals surface area contributed by atoms with E-state index in [-0.39, 0.29) is 6.10 Å². The first kappa shape index (κ1) is 11.7. The number of aromatic nitrogens is 2. The summed E-state index contributed by atoms with van der Waals surface area (Å²) in [7, 11) is 1.94. The van der Waals surface area contributed by atoms with Gasteiger partial charge in [0.2, 0.25) is 5.88 Å². The molecule has 1 heterocycles. The Kier molecular flexibility index (Phi) is 4.30. The molecule has 0 aliphatic carbocycles. The van der Waals surface area contributed by atoms with Gasteiger partial charge in [0, 0.05) is 26.2 Å². The first-order valence-electron chi connectivity index (χ1n) is 5.03. The molecule has 1 aromatic heterocycles. The summed E-state index contributed by atoms with van der Waals surface area (Å²) in [5, 5.41) is 0. The predicted octanol–water partition coefficient (Wildman–Crippen LogP) is 0.659. The van der Waals surface area contributed by atoms with Gasteiger partial charge >= 0.3 is 0 Å². The molecule has 2 N–H and O–H groups in total. The molecule has 0 saturated carbocycles. The largest absolute Gasteiger partial charge is 0.475 e. The van der Waals surface area contributed by atoms with Gasteiger partial charge in [0.25, 0.3) is 0 Å². The van der Waals surface area contributed by atoms with Crippen LogP contribution in [0.25, 0.3) is 0 Å². The van der Waals surface area contributed by atoms with Gasteiger partial charge in [0.05, 0.1) is 6.10 Å². The molecule has 0 amide bonds. The Hall–Kier alpha value is -1.36. The van der Waals surface area contributed by atoms with E-state index in [1.54, 1.807) is 0 Å². The van der Waals surface area contributed by atoms with Crippen LogP contribution in [0.15, 0.2) is 12.4 Å². The van der Waals surface area contributed by atoms with Crippen LogP contribution in [0, 0.1) is 0 Å².